The molecule has 224 valence electrons. The van der Waals surface area contributed by atoms with Gasteiger partial charge in [0.05, 0.1) is 13.2 Å². The third kappa shape index (κ3) is 9.92. The van der Waals surface area contributed by atoms with Crippen LogP contribution in [0.2, 0.25) is 0 Å². The fraction of sp³-hybridized carbons (Fsp3) is 0.962. The van der Waals surface area contributed by atoms with E-state index in [2.05, 4.69) is 6.92 Å². The molecule has 2 heterocycles. The molecule has 2 aliphatic heterocycles. The molecule has 0 aromatic rings. The van der Waals surface area contributed by atoms with E-state index in [1.165, 1.54) is 44.9 Å². The summed E-state index contributed by atoms with van der Waals surface area (Å²) in [6.07, 6.45) is -3.06. The number of aliphatic hydroxyl groups excluding tert-OH is 7. The van der Waals surface area contributed by atoms with Gasteiger partial charge in [-0.05, 0) is 6.42 Å². The summed E-state index contributed by atoms with van der Waals surface area (Å²) in [7, 11) is 0. The van der Waals surface area contributed by atoms with Crippen LogP contribution in [0.3, 0.4) is 0 Å². The van der Waals surface area contributed by atoms with Crippen molar-refractivity contribution in [2.45, 2.75) is 145 Å². The summed E-state index contributed by atoms with van der Waals surface area (Å²) < 4.78 is 21.4. The molecule has 0 aromatic carbocycles. The Labute approximate surface area is 224 Å². The van der Waals surface area contributed by atoms with E-state index in [0.717, 1.165) is 19.3 Å². The molecular weight excluding hydrogens is 504 g/mol. The molecule has 0 radical (unpaired) electrons. The maximum atomic E-state index is 12.3. The van der Waals surface area contributed by atoms with Crippen LogP contribution in [0, 0.1) is 0 Å². The molecule has 10 atom stereocenters. The quantitative estimate of drug-likeness (QED) is 0.0933. The van der Waals surface area contributed by atoms with Crippen LogP contribution >= 0.6 is 0 Å². The molecule has 0 aliphatic carbocycles. The minimum atomic E-state index is -1.75. The molecule has 2 fully saturated rings. The van der Waals surface area contributed by atoms with Crippen LogP contribution < -0.4 is 0 Å². The zero-order valence-electron chi connectivity index (χ0n) is 22.3. The molecule has 0 bridgehead atoms. The van der Waals surface area contributed by atoms with Crippen molar-refractivity contribution in [3.05, 3.63) is 0 Å². The maximum absolute atomic E-state index is 12.3. The van der Waals surface area contributed by atoms with Gasteiger partial charge in [-0.3, -0.25) is 4.79 Å². The standard InChI is InChI=1S/C26H48O12/c1-2-3-4-5-6-7-8-9-10-11-12-13-18(29)37-25-23(34)21(32)24(17(15-28)36-25)38-26-22(33)20(31)19(30)16(14-27)35-26/h16-17,19-28,30-34H,2-15H2,1H3/t16-,17-,19-,20+,21-,22-,23-,24-,25+,26-/m1/s1. The molecular formula is C26H48O12. The summed E-state index contributed by atoms with van der Waals surface area (Å²) in [6, 6.07) is 0. The van der Waals surface area contributed by atoms with Crippen molar-refractivity contribution in [2.24, 2.45) is 0 Å². The Kier molecular flexibility index (Phi) is 15.5. The number of hydrogen-bond donors (Lipinski definition) is 7. The maximum Gasteiger partial charge on any atom is 0.308 e. The highest BCUT2D eigenvalue weighted by Gasteiger charge is 2.51. The third-order valence-corrected chi connectivity index (χ3v) is 7.19. The van der Waals surface area contributed by atoms with Gasteiger partial charge in [-0.2, -0.15) is 0 Å². The van der Waals surface area contributed by atoms with Gasteiger partial charge in [-0.15, -0.1) is 0 Å². The summed E-state index contributed by atoms with van der Waals surface area (Å²) in [4.78, 5) is 12.3. The molecule has 2 aliphatic rings. The van der Waals surface area contributed by atoms with E-state index in [0.29, 0.717) is 6.42 Å². The highest BCUT2D eigenvalue weighted by atomic mass is 16.7. The second-order valence-electron chi connectivity index (χ2n) is 10.3. The second kappa shape index (κ2) is 17.7. The second-order valence-corrected chi connectivity index (χ2v) is 10.3. The molecule has 12 nitrogen and oxygen atoms in total. The summed E-state index contributed by atoms with van der Waals surface area (Å²) in [5, 5.41) is 70.2. The largest absolute Gasteiger partial charge is 0.433 e. The zero-order valence-corrected chi connectivity index (χ0v) is 22.3. The SMILES string of the molecule is CCCCCCCCCCCCCC(=O)O[C@@H]1O[C@H](CO)[C@@H](O[C@H]2O[C@H](CO)[C@@H](O)[C@H](O)[C@H]2O)[C@H](O)[C@H]1O. The Morgan fingerprint density at radius 3 is 1.68 bits per heavy atom. The Morgan fingerprint density at radius 1 is 0.632 bits per heavy atom. The Hall–Kier alpha value is -0.930. The van der Waals surface area contributed by atoms with Crippen LogP contribution in [0.1, 0.15) is 84.0 Å². The number of unbranched alkanes of at least 4 members (excludes halogenated alkanes) is 10. The fourth-order valence-electron chi connectivity index (χ4n) is 4.77. The summed E-state index contributed by atoms with van der Waals surface area (Å²) in [5.41, 5.74) is 0. The first-order chi connectivity index (χ1) is 18.2. The third-order valence-electron chi connectivity index (χ3n) is 7.19. The molecule has 0 saturated carbocycles. The number of rotatable bonds is 17. The van der Waals surface area contributed by atoms with E-state index in [-0.39, 0.29) is 6.42 Å². The van der Waals surface area contributed by atoms with Crippen molar-refractivity contribution in [3.8, 4) is 0 Å². The van der Waals surface area contributed by atoms with Crippen LogP contribution in [0.4, 0.5) is 0 Å². The first kappa shape index (κ1) is 33.3. The van der Waals surface area contributed by atoms with Crippen molar-refractivity contribution in [1.82, 2.24) is 0 Å². The number of aliphatic hydroxyl groups is 7. The Bertz CT molecular complexity index is 648. The van der Waals surface area contributed by atoms with Crippen LogP contribution in [-0.2, 0) is 23.7 Å². The number of esters is 1. The molecule has 38 heavy (non-hydrogen) atoms. The van der Waals surface area contributed by atoms with E-state index in [1.807, 2.05) is 0 Å². The Morgan fingerprint density at radius 2 is 1.13 bits per heavy atom. The van der Waals surface area contributed by atoms with E-state index >= 15 is 0 Å². The van der Waals surface area contributed by atoms with Gasteiger partial charge in [0, 0.05) is 6.42 Å². The first-order valence-corrected chi connectivity index (χ1v) is 14.0. The van der Waals surface area contributed by atoms with Crippen LogP contribution in [0.25, 0.3) is 0 Å². The zero-order chi connectivity index (χ0) is 28.1. The number of carbonyl (C=O) groups is 1. The first-order valence-electron chi connectivity index (χ1n) is 14.0. The van der Waals surface area contributed by atoms with Gasteiger partial charge in [-0.1, -0.05) is 71.1 Å². The topological polar surface area (TPSA) is 196 Å². The highest BCUT2D eigenvalue weighted by Crippen LogP contribution is 2.29. The number of hydrogen-bond acceptors (Lipinski definition) is 12. The minimum absolute atomic E-state index is 0.119. The summed E-state index contributed by atoms with van der Waals surface area (Å²) >= 11 is 0. The van der Waals surface area contributed by atoms with Gasteiger partial charge in [0.1, 0.15) is 48.8 Å². The summed E-state index contributed by atoms with van der Waals surface area (Å²) in [5.74, 6) is -0.609. The van der Waals surface area contributed by atoms with Crippen molar-refractivity contribution in [1.29, 1.82) is 0 Å². The number of ether oxygens (including phenoxy) is 4. The van der Waals surface area contributed by atoms with E-state index in [1.54, 1.807) is 0 Å². The average molecular weight is 553 g/mol. The predicted molar refractivity (Wildman–Crippen MR) is 134 cm³/mol. The Balaban J connectivity index is 1.74. The lowest BCUT2D eigenvalue weighted by atomic mass is 9.97. The van der Waals surface area contributed by atoms with Gasteiger partial charge < -0.3 is 54.7 Å². The van der Waals surface area contributed by atoms with Gasteiger partial charge >= 0.3 is 5.97 Å². The molecule has 0 unspecified atom stereocenters. The number of carbonyl (C=O) groups excluding carboxylic acids is 1. The lowest BCUT2D eigenvalue weighted by Gasteiger charge is -2.45. The van der Waals surface area contributed by atoms with Crippen LogP contribution in [0.5, 0.6) is 0 Å². The lowest BCUT2D eigenvalue weighted by molar-refractivity contribution is -0.355. The minimum Gasteiger partial charge on any atom is -0.433 e. The summed E-state index contributed by atoms with van der Waals surface area (Å²) in [6.45, 7) is 0.826. The monoisotopic (exact) mass is 552 g/mol. The van der Waals surface area contributed by atoms with Crippen molar-refractivity contribution in [2.75, 3.05) is 13.2 Å². The van der Waals surface area contributed by atoms with Crippen molar-refractivity contribution < 1.29 is 59.5 Å². The molecule has 12 heteroatoms. The molecule has 0 aromatic heterocycles. The highest BCUT2D eigenvalue weighted by molar-refractivity contribution is 5.69. The molecule has 2 rings (SSSR count). The van der Waals surface area contributed by atoms with E-state index in [9.17, 15) is 40.5 Å². The predicted octanol–water partition coefficient (Wildman–Crippen LogP) is -0.145. The van der Waals surface area contributed by atoms with Crippen molar-refractivity contribution >= 4 is 5.97 Å². The van der Waals surface area contributed by atoms with Gasteiger partial charge in [0.15, 0.2) is 6.29 Å². The molecule has 7 N–H and O–H groups in total. The fourth-order valence-corrected chi connectivity index (χ4v) is 4.77. The smallest absolute Gasteiger partial charge is 0.308 e. The van der Waals surface area contributed by atoms with Gasteiger partial charge in [-0.25, -0.2) is 0 Å². The van der Waals surface area contributed by atoms with Crippen LogP contribution in [-0.4, -0.2) is 116 Å². The molecule has 2 saturated heterocycles. The van der Waals surface area contributed by atoms with Crippen molar-refractivity contribution in [3.63, 3.8) is 0 Å². The molecule has 0 spiro atoms. The van der Waals surface area contributed by atoms with Gasteiger partial charge in [0.2, 0.25) is 6.29 Å². The van der Waals surface area contributed by atoms with E-state index < -0.39 is 80.6 Å². The molecule has 0 amide bonds. The van der Waals surface area contributed by atoms with E-state index in [4.69, 9.17) is 18.9 Å². The average Bonchev–Trinajstić information content (AvgIpc) is 2.91. The normalized spacial score (nSPS) is 35.8. The lowest BCUT2D eigenvalue weighted by Crippen LogP contribution is -2.64. The van der Waals surface area contributed by atoms with Gasteiger partial charge in [0.25, 0.3) is 0 Å². The van der Waals surface area contributed by atoms with Crippen LogP contribution in [0.15, 0.2) is 0 Å².